The maximum Gasteiger partial charge on any atom is 0.251 e. The summed E-state index contributed by atoms with van der Waals surface area (Å²) in [5.74, 6) is 0.621. The molecule has 0 atom stereocenters. The second-order valence-electron chi connectivity index (χ2n) is 2.59. The number of hydrogen-bond donors (Lipinski definition) is 1. The van der Waals surface area contributed by atoms with Crippen LogP contribution >= 0.6 is 11.5 Å². The first-order valence-corrected chi connectivity index (χ1v) is 4.52. The normalized spacial score (nSPS) is 10.2. The summed E-state index contributed by atoms with van der Waals surface area (Å²) in [7, 11) is 0. The third kappa shape index (κ3) is 1.65. The summed E-state index contributed by atoms with van der Waals surface area (Å²) in [5, 5.41) is 0. The van der Waals surface area contributed by atoms with Crippen molar-refractivity contribution in [2.45, 2.75) is 6.92 Å². The van der Waals surface area contributed by atoms with E-state index >= 15 is 0 Å². The van der Waals surface area contributed by atoms with E-state index in [-0.39, 0.29) is 5.56 Å². The van der Waals surface area contributed by atoms with Gasteiger partial charge in [-0.1, -0.05) is 0 Å². The number of aryl methyl sites for hydroxylation is 1. The molecule has 66 valence electrons. The minimum absolute atomic E-state index is 0.129. The second kappa shape index (κ2) is 3.10. The fourth-order valence-corrected chi connectivity index (χ4v) is 1.61. The lowest BCUT2D eigenvalue weighted by Crippen LogP contribution is -2.07. The van der Waals surface area contributed by atoms with Gasteiger partial charge in [0.2, 0.25) is 0 Å². The van der Waals surface area contributed by atoms with E-state index in [0.29, 0.717) is 11.5 Å². The Morgan fingerprint density at radius 3 is 3.00 bits per heavy atom. The smallest absolute Gasteiger partial charge is 0.251 e. The van der Waals surface area contributed by atoms with Crippen LogP contribution in [0.4, 0.5) is 0 Å². The molecule has 0 radical (unpaired) electrons. The lowest BCUT2D eigenvalue weighted by atomic mass is 10.3. The van der Waals surface area contributed by atoms with Crippen molar-refractivity contribution in [3.8, 4) is 10.6 Å². The minimum atomic E-state index is -0.129. The van der Waals surface area contributed by atoms with Crippen LogP contribution in [0.15, 0.2) is 23.1 Å². The highest BCUT2D eigenvalue weighted by molar-refractivity contribution is 7.09. The lowest BCUT2D eigenvalue weighted by Gasteiger charge is -1.95. The van der Waals surface area contributed by atoms with Gasteiger partial charge in [0.15, 0.2) is 0 Å². The van der Waals surface area contributed by atoms with E-state index in [1.54, 1.807) is 13.1 Å². The third-order valence-electron chi connectivity index (χ3n) is 1.55. The fraction of sp³-hybridized carbons (Fsp3) is 0.125. The first-order chi connectivity index (χ1) is 6.25. The average Bonchev–Trinajstić information content (AvgIpc) is 2.53. The number of nitrogens with zero attached hydrogens (tertiary/aromatic N) is 2. The average molecular weight is 193 g/mol. The molecule has 1 N–H and O–H groups in total. The van der Waals surface area contributed by atoms with E-state index in [1.807, 2.05) is 6.07 Å². The minimum Gasteiger partial charge on any atom is -0.311 e. The molecule has 0 saturated carbocycles. The van der Waals surface area contributed by atoms with Crippen LogP contribution in [-0.2, 0) is 0 Å². The van der Waals surface area contributed by atoms with Crippen LogP contribution in [0.25, 0.3) is 10.6 Å². The zero-order chi connectivity index (χ0) is 9.26. The van der Waals surface area contributed by atoms with Crippen molar-refractivity contribution in [1.82, 2.24) is 14.3 Å². The molecular weight excluding hydrogens is 186 g/mol. The Hall–Kier alpha value is -1.49. The molecule has 0 saturated heterocycles. The topological polar surface area (TPSA) is 58.6 Å². The summed E-state index contributed by atoms with van der Waals surface area (Å²) in [5.41, 5.74) is 0.555. The maximum absolute atomic E-state index is 11.1. The van der Waals surface area contributed by atoms with E-state index in [4.69, 9.17) is 0 Å². The van der Waals surface area contributed by atoms with Gasteiger partial charge in [-0.3, -0.25) is 4.79 Å². The molecule has 5 heteroatoms. The number of rotatable bonds is 1. The van der Waals surface area contributed by atoms with Gasteiger partial charge in [0.1, 0.15) is 5.82 Å². The molecule has 13 heavy (non-hydrogen) atoms. The van der Waals surface area contributed by atoms with Crippen molar-refractivity contribution in [1.29, 1.82) is 0 Å². The predicted molar refractivity (Wildman–Crippen MR) is 50.7 cm³/mol. The Morgan fingerprint density at radius 1 is 1.54 bits per heavy atom. The zero-order valence-corrected chi connectivity index (χ0v) is 7.76. The highest BCUT2D eigenvalue weighted by Crippen LogP contribution is 2.18. The van der Waals surface area contributed by atoms with Gasteiger partial charge >= 0.3 is 0 Å². The number of aromatic amines is 1. The van der Waals surface area contributed by atoms with Crippen LogP contribution in [0.1, 0.15) is 5.82 Å². The zero-order valence-electron chi connectivity index (χ0n) is 6.94. The molecule has 0 bridgehead atoms. The Kier molecular flexibility index (Phi) is 1.94. The Bertz CT molecular complexity index is 460. The lowest BCUT2D eigenvalue weighted by molar-refractivity contribution is 1.03. The third-order valence-corrected chi connectivity index (χ3v) is 2.32. The fourth-order valence-electron chi connectivity index (χ4n) is 1.05. The Labute approximate surface area is 78.5 Å². The number of hydrogen-bond acceptors (Lipinski definition) is 4. The Morgan fingerprint density at radius 2 is 2.38 bits per heavy atom. The molecule has 0 amide bonds. The van der Waals surface area contributed by atoms with E-state index in [1.165, 1.54) is 17.6 Å². The highest BCUT2D eigenvalue weighted by Gasteiger charge is 2.02. The summed E-state index contributed by atoms with van der Waals surface area (Å²) in [6.07, 6.45) is 1.69. The highest BCUT2D eigenvalue weighted by atomic mass is 32.1. The molecule has 0 fully saturated rings. The van der Waals surface area contributed by atoms with Crippen molar-refractivity contribution >= 4 is 11.5 Å². The van der Waals surface area contributed by atoms with Crippen LogP contribution in [0.2, 0.25) is 0 Å². The van der Waals surface area contributed by atoms with Crippen LogP contribution in [0, 0.1) is 6.92 Å². The monoisotopic (exact) mass is 193 g/mol. The molecule has 0 spiro atoms. The summed E-state index contributed by atoms with van der Waals surface area (Å²) < 4.78 is 3.95. The van der Waals surface area contributed by atoms with Gasteiger partial charge < -0.3 is 4.98 Å². The molecule has 0 aromatic carbocycles. The molecule has 0 unspecified atom stereocenters. The van der Waals surface area contributed by atoms with E-state index in [9.17, 15) is 4.79 Å². The van der Waals surface area contributed by atoms with E-state index in [0.717, 1.165) is 4.88 Å². The van der Waals surface area contributed by atoms with Gasteiger partial charge in [-0.05, 0) is 24.5 Å². The molecular formula is C8H7N3OS. The van der Waals surface area contributed by atoms with Crippen molar-refractivity contribution in [3.63, 3.8) is 0 Å². The van der Waals surface area contributed by atoms with Gasteiger partial charge in [-0.2, -0.15) is 0 Å². The first-order valence-electron chi connectivity index (χ1n) is 3.75. The molecule has 2 heterocycles. The largest absolute Gasteiger partial charge is 0.311 e. The summed E-state index contributed by atoms with van der Waals surface area (Å²) in [4.78, 5) is 18.8. The number of nitrogens with one attached hydrogen (secondary N) is 1. The molecule has 2 aromatic rings. The van der Waals surface area contributed by atoms with Crippen LogP contribution in [0.3, 0.4) is 0 Å². The van der Waals surface area contributed by atoms with Crippen LogP contribution in [0.5, 0.6) is 0 Å². The molecule has 0 aliphatic heterocycles. The van der Waals surface area contributed by atoms with E-state index < -0.39 is 0 Å². The van der Waals surface area contributed by atoms with Crippen molar-refractivity contribution in [2.24, 2.45) is 0 Å². The summed E-state index contributed by atoms with van der Waals surface area (Å²) in [6, 6.07) is 3.31. The van der Waals surface area contributed by atoms with Crippen molar-refractivity contribution < 1.29 is 0 Å². The van der Waals surface area contributed by atoms with Gasteiger partial charge in [-0.25, -0.2) is 9.36 Å². The number of aromatic nitrogens is 3. The predicted octanol–water partition coefficient (Wildman–Crippen LogP) is 1.20. The molecule has 2 rings (SSSR count). The van der Waals surface area contributed by atoms with Crippen LogP contribution in [-0.4, -0.2) is 14.3 Å². The molecule has 0 aliphatic rings. The Balaban J connectivity index is 2.59. The van der Waals surface area contributed by atoms with Gasteiger partial charge in [-0.15, -0.1) is 0 Å². The summed E-state index contributed by atoms with van der Waals surface area (Å²) in [6.45, 7) is 1.76. The van der Waals surface area contributed by atoms with Gasteiger partial charge in [0.05, 0.1) is 10.6 Å². The molecule has 4 nitrogen and oxygen atoms in total. The van der Waals surface area contributed by atoms with Gasteiger partial charge in [0, 0.05) is 12.3 Å². The molecule has 0 aliphatic carbocycles. The summed E-state index contributed by atoms with van der Waals surface area (Å²) >= 11 is 1.33. The quantitative estimate of drug-likeness (QED) is 0.740. The van der Waals surface area contributed by atoms with Gasteiger partial charge in [0.25, 0.3) is 5.56 Å². The number of H-pyrrole nitrogens is 1. The van der Waals surface area contributed by atoms with Crippen molar-refractivity contribution in [2.75, 3.05) is 0 Å². The van der Waals surface area contributed by atoms with E-state index in [2.05, 4.69) is 14.3 Å². The van der Waals surface area contributed by atoms with Crippen LogP contribution < -0.4 is 5.56 Å². The second-order valence-corrected chi connectivity index (χ2v) is 3.43. The standard InChI is InChI=1S/C8H7N3OS/c1-5-10-6(4-8(12)11-5)7-2-3-9-13-7/h2-4H,1H3,(H,10,11,12). The SMILES string of the molecule is Cc1nc(-c2ccns2)cc(=O)[nH]1. The van der Waals surface area contributed by atoms with Crippen molar-refractivity contribution in [3.05, 3.63) is 34.5 Å². The maximum atomic E-state index is 11.1. The first kappa shape index (κ1) is 8.12. The molecule has 2 aromatic heterocycles.